The third-order valence-electron chi connectivity index (χ3n) is 4.71. The van der Waals surface area contributed by atoms with Gasteiger partial charge in [-0.2, -0.15) is 0 Å². The summed E-state index contributed by atoms with van der Waals surface area (Å²) in [7, 11) is -3.76. The summed E-state index contributed by atoms with van der Waals surface area (Å²) in [6, 6.07) is 9.81. The molecule has 3 rings (SSSR count). The summed E-state index contributed by atoms with van der Waals surface area (Å²) in [4.78, 5) is 23.8. The second-order valence-corrected chi connectivity index (χ2v) is 9.27. The molecule has 1 atom stereocenters. The van der Waals surface area contributed by atoms with Gasteiger partial charge in [0.1, 0.15) is 5.75 Å². The highest BCUT2D eigenvalue weighted by Crippen LogP contribution is 2.31. The van der Waals surface area contributed by atoms with Gasteiger partial charge in [0, 0.05) is 12.1 Å². The Hall–Kier alpha value is -2.87. The van der Waals surface area contributed by atoms with Crippen LogP contribution in [0.15, 0.2) is 41.3 Å². The maximum absolute atomic E-state index is 12.9. The van der Waals surface area contributed by atoms with Crippen molar-refractivity contribution in [3.63, 3.8) is 0 Å². The molecule has 0 saturated carbocycles. The molecule has 0 radical (unpaired) electrons. The SMILES string of the molecule is Cc1ccc(NC(=O)C[C@H](C)S(=O)(=O)c2ccc3c(c2)NC(=O)CO3)cc1C. The maximum atomic E-state index is 12.9. The molecule has 0 bridgehead atoms. The number of anilines is 2. The Morgan fingerprint density at radius 1 is 1.18 bits per heavy atom. The van der Waals surface area contributed by atoms with Crippen molar-refractivity contribution in [1.29, 1.82) is 0 Å². The number of rotatable bonds is 5. The minimum Gasteiger partial charge on any atom is -0.482 e. The molecule has 0 unspecified atom stereocenters. The Morgan fingerprint density at radius 2 is 1.93 bits per heavy atom. The van der Waals surface area contributed by atoms with Gasteiger partial charge in [-0.3, -0.25) is 9.59 Å². The van der Waals surface area contributed by atoms with Crippen LogP contribution >= 0.6 is 0 Å². The molecule has 148 valence electrons. The van der Waals surface area contributed by atoms with Gasteiger partial charge >= 0.3 is 0 Å². The smallest absolute Gasteiger partial charge is 0.262 e. The summed E-state index contributed by atoms with van der Waals surface area (Å²) in [6.07, 6.45) is -0.185. The predicted molar refractivity (Wildman–Crippen MR) is 106 cm³/mol. The van der Waals surface area contributed by atoms with Gasteiger partial charge in [0.25, 0.3) is 5.91 Å². The van der Waals surface area contributed by atoms with E-state index in [1.807, 2.05) is 26.0 Å². The fourth-order valence-electron chi connectivity index (χ4n) is 2.87. The molecule has 7 nitrogen and oxygen atoms in total. The maximum Gasteiger partial charge on any atom is 0.262 e. The molecule has 2 aromatic carbocycles. The summed E-state index contributed by atoms with van der Waals surface area (Å²) in [6.45, 7) is 5.30. The van der Waals surface area contributed by atoms with E-state index >= 15 is 0 Å². The zero-order chi connectivity index (χ0) is 20.5. The van der Waals surface area contributed by atoms with Gasteiger partial charge < -0.3 is 15.4 Å². The number of hydrogen-bond acceptors (Lipinski definition) is 5. The zero-order valence-corrected chi connectivity index (χ0v) is 16.7. The topological polar surface area (TPSA) is 102 Å². The lowest BCUT2D eigenvalue weighted by atomic mass is 10.1. The number of carbonyl (C=O) groups excluding carboxylic acids is 2. The highest BCUT2D eigenvalue weighted by Gasteiger charge is 2.28. The van der Waals surface area contributed by atoms with Crippen molar-refractivity contribution < 1.29 is 22.7 Å². The van der Waals surface area contributed by atoms with Gasteiger partial charge in [-0.1, -0.05) is 6.07 Å². The van der Waals surface area contributed by atoms with Crippen molar-refractivity contribution in [2.75, 3.05) is 17.2 Å². The molecule has 0 spiro atoms. The van der Waals surface area contributed by atoms with E-state index in [2.05, 4.69) is 10.6 Å². The van der Waals surface area contributed by atoms with Gasteiger partial charge in [0.15, 0.2) is 16.4 Å². The third-order valence-corrected chi connectivity index (χ3v) is 6.84. The minimum atomic E-state index is -3.76. The lowest BCUT2D eigenvalue weighted by Gasteiger charge is -2.19. The second kappa shape index (κ2) is 7.63. The Balaban J connectivity index is 1.73. The Kier molecular flexibility index (Phi) is 5.42. The van der Waals surface area contributed by atoms with Gasteiger partial charge in [-0.05, 0) is 62.2 Å². The van der Waals surface area contributed by atoms with Crippen LogP contribution in [0.2, 0.25) is 0 Å². The Labute approximate surface area is 164 Å². The number of sulfone groups is 1. The number of fused-ring (bicyclic) bond motifs is 1. The van der Waals surface area contributed by atoms with Crippen molar-refractivity contribution in [3.8, 4) is 5.75 Å². The monoisotopic (exact) mass is 402 g/mol. The second-order valence-electron chi connectivity index (χ2n) is 6.90. The van der Waals surface area contributed by atoms with Gasteiger partial charge in [0.05, 0.1) is 15.8 Å². The summed E-state index contributed by atoms with van der Waals surface area (Å²) >= 11 is 0. The molecule has 28 heavy (non-hydrogen) atoms. The Morgan fingerprint density at radius 3 is 2.64 bits per heavy atom. The largest absolute Gasteiger partial charge is 0.482 e. The number of aryl methyl sites for hydroxylation is 2. The first-order chi connectivity index (χ1) is 13.2. The van der Waals surface area contributed by atoms with Crippen LogP contribution in [0.4, 0.5) is 11.4 Å². The summed E-state index contributed by atoms with van der Waals surface area (Å²) in [5.41, 5.74) is 3.09. The van der Waals surface area contributed by atoms with Crippen LogP contribution in [0.25, 0.3) is 0 Å². The molecule has 2 N–H and O–H groups in total. The first-order valence-electron chi connectivity index (χ1n) is 8.84. The average molecular weight is 402 g/mol. The van der Waals surface area contributed by atoms with Crippen LogP contribution in [0.5, 0.6) is 5.75 Å². The van der Waals surface area contributed by atoms with Crippen LogP contribution in [-0.2, 0) is 19.4 Å². The fraction of sp³-hybridized carbons (Fsp3) is 0.300. The van der Waals surface area contributed by atoms with E-state index in [1.54, 1.807) is 6.07 Å². The number of ether oxygens (including phenoxy) is 1. The van der Waals surface area contributed by atoms with E-state index in [4.69, 9.17) is 4.74 Å². The van der Waals surface area contributed by atoms with Crippen LogP contribution in [0, 0.1) is 13.8 Å². The van der Waals surface area contributed by atoms with Crippen LogP contribution in [0.1, 0.15) is 24.5 Å². The van der Waals surface area contributed by atoms with Crippen LogP contribution in [0.3, 0.4) is 0 Å². The molecule has 0 aliphatic carbocycles. The van der Waals surface area contributed by atoms with Crippen LogP contribution < -0.4 is 15.4 Å². The molecule has 2 aromatic rings. The van der Waals surface area contributed by atoms with Crippen molar-refractivity contribution >= 4 is 33.0 Å². The summed E-state index contributed by atoms with van der Waals surface area (Å²) in [5, 5.41) is 4.39. The molecule has 1 heterocycles. The van der Waals surface area contributed by atoms with E-state index in [0.717, 1.165) is 11.1 Å². The number of carbonyl (C=O) groups is 2. The van der Waals surface area contributed by atoms with E-state index in [0.29, 0.717) is 17.1 Å². The standard InChI is InChI=1S/C20H22N2O5S/c1-12-4-5-15(8-13(12)2)21-19(23)9-14(3)28(25,26)16-6-7-18-17(10-16)22-20(24)11-27-18/h4-8,10,14H,9,11H2,1-3H3,(H,21,23)(H,22,24)/t14-/m0/s1. The lowest BCUT2D eigenvalue weighted by Crippen LogP contribution is -2.27. The fourth-order valence-corrected chi connectivity index (χ4v) is 4.25. The molecular formula is C20H22N2O5S. The predicted octanol–water partition coefficient (Wildman–Crippen LogP) is 2.83. The molecule has 8 heteroatoms. The van der Waals surface area contributed by atoms with Crippen molar-refractivity contribution in [2.45, 2.75) is 37.3 Å². The summed E-state index contributed by atoms with van der Waals surface area (Å²) in [5.74, 6) is -0.310. The van der Waals surface area contributed by atoms with Gasteiger partial charge in [-0.15, -0.1) is 0 Å². The first-order valence-corrected chi connectivity index (χ1v) is 10.4. The van der Waals surface area contributed by atoms with Crippen molar-refractivity contribution in [1.82, 2.24) is 0 Å². The highest BCUT2D eigenvalue weighted by molar-refractivity contribution is 7.92. The molecule has 1 aliphatic heterocycles. The van der Waals surface area contributed by atoms with Gasteiger partial charge in [0.2, 0.25) is 5.91 Å². The Bertz CT molecular complexity index is 1050. The first kappa shape index (κ1) is 19.9. The zero-order valence-electron chi connectivity index (χ0n) is 15.9. The van der Waals surface area contributed by atoms with E-state index in [9.17, 15) is 18.0 Å². The van der Waals surface area contributed by atoms with Gasteiger partial charge in [-0.25, -0.2) is 8.42 Å². The normalized spacial score (nSPS) is 14.5. The molecule has 0 aromatic heterocycles. The number of benzene rings is 2. The molecule has 2 amide bonds. The van der Waals surface area contributed by atoms with E-state index in [1.165, 1.54) is 25.1 Å². The van der Waals surface area contributed by atoms with Crippen molar-refractivity contribution in [3.05, 3.63) is 47.5 Å². The van der Waals surface area contributed by atoms with Crippen molar-refractivity contribution in [2.24, 2.45) is 0 Å². The number of amides is 2. The third kappa shape index (κ3) is 4.17. The molecule has 1 aliphatic rings. The lowest BCUT2D eigenvalue weighted by molar-refractivity contribution is -0.118. The average Bonchev–Trinajstić information content (AvgIpc) is 2.64. The summed E-state index contributed by atoms with van der Waals surface area (Å²) < 4.78 is 30.9. The van der Waals surface area contributed by atoms with E-state index in [-0.39, 0.29) is 29.7 Å². The molecule has 0 saturated heterocycles. The van der Waals surface area contributed by atoms with E-state index < -0.39 is 15.1 Å². The molecule has 0 fully saturated rings. The molecular weight excluding hydrogens is 380 g/mol. The highest BCUT2D eigenvalue weighted by atomic mass is 32.2. The number of nitrogens with one attached hydrogen (secondary N) is 2. The van der Waals surface area contributed by atoms with Crippen LogP contribution in [-0.4, -0.2) is 32.1 Å². The minimum absolute atomic E-state index is 0.0310. The number of hydrogen-bond donors (Lipinski definition) is 2. The quantitative estimate of drug-likeness (QED) is 0.801.